The molecule has 128 valence electrons. The van der Waals surface area contributed by atoms with Gasteiger partial charge in [-0.25, -0.2) is 8.78 Å². The smallest absolute Gasteiger partial charge is 0.256 e. The Bertz CT molecular complexity index is 900. The number of hydrogen-bond donors (Lipinski definition) is 2. The highest BCUT2D eigenvalue weighted by molar-refractivity contribution is 6.11. The summed E-state index contributed by atoms with van der Waals surface area (Å²) in [6, 6.07) is 7.25. The first kappa shape index (κ1) is 15.7. The molecular formula is C18H16F2N3O2+. The van der Waals surface area contributed by atoms with Crippen molar-refractivity contribution in [2.75, 3.05) is 11.9 Å². The first-order valence-corrected chi connectivity index (χ1v) is 8.00. The second-order valence-corrected chi connectivity index (χ2v) is 6.37. The highest BCUT2D eigenvalue weighted by Crippen LogP contribution is 2.32. The van der Waals surface area contributed by atoms with Crippen molar-refractivity contribution >= 4 is 17.5 Å². The van der Waals surface area contributed by atoms with E-state index in [0.717, 1.165) is 12.1 Å². The van der Waals surface area contributed by atoms with Crippen LogP contribution in [-0.4, -0.2) is 35.3 Å². The Balaban J connectivity index is 1.81. The minimum absolute atomic E-state index is 0.160. The fraction of sp³-hybridized carbons (Fsp3) is 0.222. The summed E-state index contributed by atoms with van der Waals surface area (Å²) in [7, 11) is 0. The number of amides is 2. The number of benzene rings is 2. The molecule has 2 aromatic carbocycles. The van der Waals surface area contributed by atoms with Gasteiger partial charge in [0.1, 0.15) is 17.7 Å². The summed E-state index contributed by atoms with van der Waals surface area (Å²) >= 11 is 0. The molecule has 2 aliphatic rings. The van der Waals surface area contributed by atoms with Crippen LogP contribution in [0.1, 0.15) is 16.8 Å². The number of hydrogen-bond acceptors (Lipinski definition) is 2. The number of rotatable bonds is 1. The topological polar surface area (TPSA) is 77.1 Å². The molecule has 0 bridgehead atoms. The first-order valence-electron chi connectivity index (χ1n) is 8.00. The van der Waals surface area contributed by atoms with Gasteiger partial charge >= 0.3 is 0 Å². The summed E-state index contributed by atoms with van der Waals surface area (Å²) in [5.74, 6) is -1.91. The van der Waals surface area contributed by atoms with Crippen LogP contribution in [0.5, 0.6) is 0 Å². The van der Waals surface area contributed by atoms with Gasteiger partial charge in [0.15, 0.2) is 6.04 Å². The van der Waals surface area contributed by atoms with Crippen LogP contribution < -0.4 is 11.1 Å². The van der Waals surface area contributed by atoms with Gasteiger partial charge in [-0.1, -0.05) is 6.07 Å². The van der Waals surface area contributed by atoms with E-state index in [4.69, 9.17) is 0 Å². The van der Waals surface area contributed by atoms with Gasteiger partial charge in [-0.3, -0.25) is 9.59 Å². The van der Waals surface area contributed by atoms with Crippen molar-refractivity contribution in [3.63, 3.8) is 0 Å². The van der Waals surface area contributed by atoms with Crippen molar-refractivity contribution in [2.24, 2.45) is 0 Å². The molecule has 2 atom stereocenters. The van der Waals surface area contributed by atoms with Gasteiger partial charge < -0.3 is 16.0 Å². The van der Waals surface area contributed by atoms with Crippen molar-refractivity contribution in [1.82, 2.24) is 4.90 Å². The molecule has 4 rings (SSSR count). The van der Waals surface area contributed by atoms with Crippen molar-refractivity contribution < 1.29 is 24.1 Å². The van der Waals surface area contributed by atoms with Crippen molar-refractivity contribution in [2.45, 2.75) is 18.5 Å². The predicted molar refractivity (Wildman–Crippen MR) is 86.5 cm³/mol. The number of anilines is 1. The molecule has 1 fully saturated rings. The lowest BCUT2D eigenvalue weighted by Crippen LogP contribution is -2.68. The Morgan fingerprint density at radius 2 is 1.88 bits per heavy atom. The quantitative estimate of drug-likeness (QED) is 0.821. The zero-order valence-corrected chi connectivity index (χ0v) is 13.3. The van der Waals surface area contributed by atoms with Crippen LogP contribution >= 0.6 is 0 Å². The Kier molecular flexibility index (Phi) is 3.54. The molecule has 2 heterocycles. The first-order chi connectivity index (χ1) is 12.0. The van der Waals surface area contributed by atoms with E-state index in [0.29, 0.717) is 29.8 Å². The Morgan fingerprint density at radius 3 is 2.64 bits per heavy atom. The molecule has 2 aromatic rings. The van der Waals surface area contributed by atoms with Crippen molar-refractivity contribution in [3.8, 4) is 11.1 Å². The van der Waals surface area contributed by atoms with Crippen LogP contribution in [0.3, 0.4) is 0 Å². The van der Waals surface area contributed by atoms with Crippen molar-refractivity contribution in [3.05, 3.63) is 53.6 Å². The maximum atomic E-state index is 14.1. The lowest BCUT2D eigenvalue weighted by molar-refractivity contribution is -0.419. The van der Waals surface area contributed by atoms with E-state index in [2.05, 4.69) is 11.1 Å². The average molecular weight is 344 g/mol. The van der Waals surface area contributed by atoms with Gasteiger partial charge in [0.25, 0.3) is 11.8 Å². The minimum atomic E-state index is -0.707. The van der Waals surface area contributed by atoms with Gasteiger partial charge in [0.2, 0.25) is 0 Å². The maximum Gasteiger partial charge on any atom is 0.256 e. The summed E-state index contributed by atoms with van der Waals surface area (Å²) < 4.78 is 27.2. The molecule has 0 radical (unpaired) electrons. The highest BCUT2D eigenvalue weighted by Gasteiger charge is 2.45. The van der Waals surface area contributed by atoms with E-state index in [1.165, 1.54) is 17.0 Å². The SMILES string of the molecule is [NH3+][C@H]1CCN2C(=O)c3cc(-c4ccc(F)cc4F)ccc3NC(=O)[C@H]12. The van der Waals surface area contributed by atoms with Gasteiger partial charge in [0.05, 0.1) is 11.3 Å². The molecule has 25 heavy (non-hydrogen) atoms. The summed E-state index contributed by atoms with van der Waals surface area (Å²) in [6.45, 7) is 0.458. The van der Waals surface area contributed by atoms with Crippen LogP contribution in [0, 0.1) is 11.6 Å². The zero-order chi connectivity index (χ0) is 17.7. The molecular weight excluding hydrogens is 328 g/mol. The highest BCUT2D eigenvalue weighted by atomic mass is 19.1. The van der Waals surface area contributed by atoms with Crippen molar-refractivity contribution in [1.29, 1.82) is 0 Å². The molecule has 2 aliphatic heterocycles. The third-order valence-corrected chi connectivity index (χ3v) is 4.80. The van der Waals surface area contributed by atoms with E-state index in [1.54, 1.807) is 12.1 Å². The predicted octanol–water partition coefficient (Wildman–Crippen LogP) is 1.41. The lowest BCUT2D eigenvalue weighted by atomic mass is 10.0. The maximum absolute atomic E-state index is 14.1. The Labute approximate surface area is 142 Å². The molecule has 0 unspecified atom stereocenters. The largest absolute Gasteiger partial charge is 0.353 e. The number of carbonyl (C=O) groups is 2. The van der Waals surface area contributed by atoms with Gasteiger partial charge in [-0.05, 0) is 29.8 Å². The summed E-state index contributed by atoms with van der Waals surface area (Å²) in [6.07, 6.45) is 0.658. The number of nitrogens with one attached hydrogen (secondary N) is 1. The summed E-state index contributed by atoms with van der Waals surface area (Å²) in [4.78, 5) is 26.8. The second kappa shape index (κ2) is 5.63. The molecule has 4 N–H and O–H groups in total. The summed E-state index contributed by atoms with van der Waals surface area (Å²) in [5.41, 5.74) is 5.29. The second-order valence-electron chi connectivity index (χ2n) is 6.37. The fourth-order valence-electron chi connectivity index (χ4n) is 3.52. The minimum Gasteiger partial charge on any atom is -0.353 e. The standard InChI is InChI=1S/C18H15F2N3O2/c19-10-2-3-11(13(20)8-10)9-1-4-15-12(7-9)18(25)23-6-5-14(21)16(23)17(24)22-15/h1-4,7-8,14,16H,5-6,21H2,(H,22,24)/p+1/t14-,16-/m0/s1. The molecule has 2 amide bonds. The molecule has 0 aromatic heterocycles. The van der Waals surface area contributed by atoms with Gasteiger partial charge in [-0.2, -0.15) is 0 Å². The molecule has 5 nitrogen and oxygen atoms in total. The molecule has 1 saturated heterocycles. The lowest BCUT2D eigenvalue weighted by Gasteiger charge is -2.20. The van der Waals surface area contributed by atoms with Crippen LogP contribution in [0.4, 0.5) is 14.5 Å². The normalized spacial score (nSPS) is 22.3. The van der Waals surface area contributed by atoms with Gasteiger partial charge in [0, 0.05) is 24.6 Å². The number of halogens is 2. The number of carbonyl (C=O) groups excluding carboxylic acids is 2. The fourth-order valence-corrected chi connectivity index (χ4v) is 3.52. The third-order valence-electron chi connectivity index (χ3n) is 4.80. The number of fused-ring (bicyclic) bond motifs is 2. The number of nitrogens with zero attached hydrogens (tertiary/aromatic N) is 1. The molecule has 0 spiro atoms. The van der Waals surface area contributed by atoms with Crippen LogP contribution in [0.15, 0.2) is 36.4 Å². The van der Waals surface area contributed by atoms with Crippen LogP contribution in [0.2, 0.25) is 0 Å². The van der Waals surface area contributed by atoms with E-state index < -0.39 is 17.7 Å². The Hall–Kier alpha value is -2.80. The average Bonchev–Trinajstić information content (AvgIpc) is 2.92. The van der Waals surface area contributed by atoms with E-state index in [1.807, 2.05) is 0 Å². The summed E-state index contributed by atoms with van der Waals surface area (Å²) in [5, 5.41) is 2.76. The van der Waals surface area contributed by atoms with Crippen LogP contribution in [0.25, 0.3) is 11.1 Å². The third kappa shape index (κ3) is 2.47. The van der Waals surface area contributed by atoms with Crippen LogP contribution in [-0.2, 0) is 4.79 Å². The van der Waals surface area contributed by atoms with E-state index in [-0.39, 0.29) is 23.4 Å². The Morgan fingerprint density at radius 1 is 1.08 bits per heavy atom. The zero-order valence-electron chi connectivity index (χ0n) is 13.3. The molecule has 0 aliphatic carbocycles. The van der Waals surface area contributed by atoms with E-state index >= 15 is 0 Å². The monoisotopic (exact) mass is 344 g/mol. The molecule has 0 saturated carbocycles. The van der Waals surface area contributed by atoms with E-state index in [9.17, 15) is 18.4 Å². The van der Waals surface area contributed by atoms with Gasteiger partial charge in [-0.15, -0.1) is 0 Å². The molecule has 7 heteroatoms. The number of quaternary nitrogens is 1.